The van der Waals surface area contributed by atoms with E-state index in [-0.39, 0.29) is 18.4 Å². The Hall–Kier alpha value is -2.49. The van der Waals surface area contributed by atoms with Crippen molar-refractivity contribution in [2.45, 2.75) is 6.54 Å². The smallest absolute Gasteiger partial charge is 0.262 e. The molecule has 0 atom stereocenters. The van der Waals surface area contributed by atoms with Gasteiger partial charge in [-0.3, -0.25) is 19.8 Å². The fourth-order valence-electron chi connectivity index (χ4n) is 2.82. The van der Waals surface area contributed by atoms with E-state index in [2.05, 4.69) is 20.5 Å². The number of nitrogens with one attached hydrogen (secondary N) is 2. The van der Waals surface area contributed by atoms with Gasteiger partial charge in [-0.05, 0) is 18.2 Å². The van der Waals surface area contributed by atoms with Crippen molar-refractivity contribution in [3.63, 3.8) is 0 Å². The lowest BCUT2D eigenvalue weighted by molar-refractivity contribution is -0.118. The fourth-order valence-corrected chi connectivity index (χ4v) is 3.52. The molecule has 0 saturated carbocycles. The Morgan fingerprint density at radius 3 is 3.04 bits per heavy atom. The van der Waals surface area contributed by atoms with E-state index in [1.165, 1.54) is 11.3 Å². The van der Waals surface area contributed by atoms with Gasteiger partial charge < -0.3 is 14.8 Å². The van der Waals surface area contributed by atoms with Gasteiger partial charge in [0.2, 0.25) is 0 Å². The third-order valence-electron chi connectivity index (χ3n) is 4.14. The second-order valence-electron chi connectivity index (χ2n) is 6.03. The van der Waals surface area contributed by atoms with Crippen LogP contribution >= 0.6 is 11.3 Å². The van der Waals surface area contributed by atoms with Crippen LogP contribution in [0.25, 0.3) is 0 Å². The summed E-state index contributed by atoms with van der Waals surface area (Å²) in [4.78, 5) is 30.6. The third-order valence-corrected chi connectivity index (χ3v) is 4.94. The number of hydrogen-bond acceptors (Lipinski definition) is 7. The van der Waals surface area contributed by atoms with E-state index in [1.54, 1.807) is 18.2 Å². The van der Waals surface area contributed by atoms with Gasteiger partial charge in [0, 0.05) is 30.6 Å². The summed E-state index contributed by atoms with van der Waals surface area (Å²) in [6.45, 7) is 4.00. The number of amides is 2. The highest BCUT2D eigenvalue weighted by molar-refractivity contribution is 7.14. The summed E-state index contributed by atoms with van der Waals surface area (Å²) < 4.78 is 10.6. The van der Waals surface area contributed by atoms with Gasteiger partial charge >= 0.3 is 0 Å². The lowest BCUT2D eigenvalue weighted by Crippen LogP contribution is -2.35. The first-order valence-corrected chi connectivity index (χ1v) is 9.18. The van der Waals surface area contributed by atoms with Gasteiger partial charge in [-0.1, -0.05) is 0 Å². The molecule has 136 valence electrons. The molecule has 0 bridgehead atoms. The molecule has 0 radical (unpaired) electrons. The Bertz CT molecular complexity index is 832. The summed E-state index contributed by atoms with van der Waals surface area (Å²) in [7, 11) is 0. The first kappa shape index (κ1) is 17.0. The quantitative estimate of drug-likeness (QED) is 0.844. The van der Waals surface area contributed by atoms with E-state index in [0.717, 1.165) is 38.5 Å². The minimum Gasteiger partial charge on any atom is -0.482 e. The van der Waals surface area contributed by atoms with Gasteiger partial charge in [0.25, 0.3) is 11.8 Å². The monoisotopic (exact) mass is 374 g/mol. The van der Waals surface area contributed by atoms with Crippen LogP contribution in [0.3, 0.4) is 0 Å². The number of morpholine rings is 1. The molecule has 2 aliphatic rings. The van der Waals surface area contributed by atoms with Crippen LogP contribution in [-0.2, 0) is 16.1 Å². The van der Waals surface area contributed by atoms with E-state index in [4.69, 9.17) is 9.47 Å². The molecule has 3 heterocycles. The van der Waals surface area contributed by atoms with E-state index < -0.39 is 0 Å². The predicted octanol–water partition coefficient (Wildman–Crippen LogP) is 1.56. The maximum atomic E-state index is 12.5. The second-order valence-corrected chi connectivity index (χ2v) is 6.89. The van der Waals surface area contributed by atoms with Crippen molar-refractivity contribution >= 4 is 34.0 Å². The molecule has 8 nitrogen and oxygen atoms in total. The molecule has 1 aromatic carbocycles. The predicted molar refractivity (Wildman–Crippen MR) is 96.7 cm³/mol. The van der Waals surface area contributed by atoms with E-state index >= 15 is 0 Å². The molecule has 1 fully saturated rings. The number of rotatable bonds is 4. The fraction of sp³-hybridized carbons (Fsp3) is 0.353. The molecule has 2 amide bonds. The Kier molecular flexibility index (Phi) is 4.83. The third kappa shape index (κ3) is 3.85. The number of carbonyl (C=O) groups excluding carboxylic acids is 2. The molecule has 2 aliphatic heterocycles. The van der Waals surface area contributed by atoms with Crippen LogP contribution in [0, 0.1) is 0 Å². The normalized spacial score (nSPS) is 17.2. The molecule has 26 heavy (non-hydrogen) atoms. The maximum Gasteiger partial charge on any atom is 0.262 e. The topological polar surface area (TPSA) is 92.8 Å². The molecule has 1 aromatic heterocycles. The summed E-state index contributed by atoms with van der Waals surface area (Å²) in [5.41, 5.74) is 1.86. The lowest BCUT2D eigenvalue weighted by Gasteiger charge is -2.25. The molecule has 4 rings (SSSR count). The first-order valence-electron chi connectivity index (χ1n) is 8.30. The zero-order valence-electron chi connectivity index (χ0n) is 14.0. The molecular weight excluding hydrogens is 356 g/mol. The van der Waals surface area contributed by atoms with Crippen molar-refractivity contribution in [2.75, 3.05) is 43.5 Å². The minimum absolute atomic E-state index is 0.0103. The highest BCUT2D eigenvalue weighted by Crippen LogP contribution is 2.29. The minimum atomic E-state index is -0.278. The summed E-state index contributed by atoms with van der Waals surface area (Å²) in [6.07, 6.45) is 0. The van der Waals surface area contributed by atoms with Gasteiger partial charge in [-0.25, -0.2) is 4.98 Å². The van der Waals surface area contributed by atoms with Gasteiger partial charge in [0.05, 0.1) is 24.6 Å². The van der Waals surface area contributed by atoms with Crippen LogP contribution in [0.15, 0.2) is 23.6 Å². The van der Waals surface area contributed by atoms with Crippen molar-refractivity contribution in [1.29, 1.82) is 0 Å². The molecule has 0 aliphatic carbocycles. The number of fused-ring (bicyclic) bond motifs is 1. The van der Waals surface area contributed by atoms with Gasteiger partial charge in [0.1, 0.15) is 5.75 Å². The Morgan fingerprint density at radius 2 is 2.19 bits per heavy atom. The summed E-state index contributed by atoms with van der Waals surface area (Å²) >= 11 is 1.39. The Balaban J connectivity index is 1.40. The van der Waals surface area contributed by atoms with Crippen molar-refractivity contribution < 1.29 is 19.1 Å². The van der Waals surface area contributed by atoms with Gasteiger partial charge in [-0.15, -0.1) is 11.3 Å². The molecule has 2 N–H and O–H groups in total. The van der Waals surface area contributed by atoms with Crippen molar-refractivity contribution in [2.24, 2.45) is 0 Å². The summed E-state index contributed by atoms with van der Waals surface area (Å²) in [5.74, 6) is 0.0471. The standard InChI is InChI=1S/C17H18N4O4S/c22-15-9-25-14-2-1-11(7-13(14)19-15)16(23)20-17-18-12(10-26-17)8-21-3-5-24-6-4-21/h1-2,7,10H,3-6,8-9H2,(H,19,22)(H,18,20,23). The van der Waals surface area contributed by atoms with Crippen molar-refractivity contribution in [1.82, 2.24) is 9.88 Å². The summed E-state index contributed by atoms with van der Waals surface area (Å²) in [6, 6.07) is 4.94. The Labute approximate surface area is 154 Å². The highest BCUT2D eigenvalue weighted by Gasteiger charge is 2.19. The number of carbonyl (C=O) groups is 2. The number of aromatic nitrogens is 1. The van der Waals surface area contributed by atoms with E-state index in [1.807, 2.05) is 5.38 Å². The zero-order chi connectivity index (χ0) is 17.9. The maximum absolute atomic E-state index is 12.5. The van der Waals surface area contributed by atoms with Gasteiger partial charge in [0.15, 0.2) is 11.7 Å². The zero-order valence-corrected chi connectivity index (χ0v) is 14.8. The largest absolute Gasteiger partial charge is 0.482 e. The number of hydrogen-bond donors (Lipinski definition) is 2. The average Bonchev–Trinajstić information content (AvgIpc) is 3.08. The average molecular weight is 374 g/mol. The van der Waals surface area contributed by atoms with Crippen LogP contribution in [0.5, 0.6) is 5.75 Å². The van der Waals surface area contributed by atoms with Crippen LogP contribution in [0.4, 0.5) is 10.8 Å². The Morgan fingerprint density at radius 1 is 1.35 bits per heavy atom. The number of thiazole rings is 1. The number of ether oxygens (including phenoxy) is 2. The number of benzene rings is 1. The van der Waals surface area contributed by atoms with Crippen LogP contribution in [0.2, 0.25) is 0 Å². The second kappa shape index (κ2) is 7.40. The number of nitrogens with zero attached hydrogens (tertiary/aromatic N) is 2. The molecule has 9 heteroatoms. The molecule has 0 unspecified atom stereocenters. The van der Waals surface area contributed by atoms with Crippen molar-refractivity contribution in [3.05, 3.63) is 34.8 Å². The molecule has 0 spiro atoms. The lowest BCUT2D eigenvalue weighted by atomic mass is 10.1. The SMILES string of the molecule is O=C1COc2ccc(C(=O)Nc3nc(CN4CCOCC4)cs3)cc2N1. The van der Waals surface area contributed by atoms with E-state index in [0.29, 0.717) is 22.1 Å². The van der Waals surface area contributed by atoms with Crippen LogP contribution < -0.4 is 15.4 Å². The first-order chi connectivity index (χ1) is 12.7. The molecule has 1 saturated heterocycles. The summed E-state index contributed by atoms with van der Waals surface area (Å²) in [5, 5.41) is 8.00. The highest BCUT2D eigenvalue weighted by atomic mass is 32.1. The molecular formula is C17H18N4O4S. The van der Waals surface area contributed by atoms with Gasteiger partial charge in [-0.2, -0.15) is 0 Å². The van der Waals surface area contributed by atoms with Crippen LogP contribution in [-0.4, -0.2) is 54.6 Å². The molecule has 2 aromatic rings. The van der Waals surface area contributed by atoms with Crippen molar-refractivity contribution in [3.8, 4) is 5.75 Å². The van der Waals surface area contributed by atoms with E-state index in [9.17, 15) is 9.59 Å². The van der Waals surface area contributed by atoms with Crippen LogP contribution in [0.1, 0.15) is 16.1 Å². The number of anilines is 2.